The Morgan fingerprint density at radius 3 is 1.71 bits per heavy atom. The normalized spacial score (nSPS) is 39.2. The highest BCUT2D eigenvalue weighted by atomic mass is 33.1. The molecule has 0 heterocycles. The summed E-state index contributed by atoms with van der Waals surface area (Å²) in [6.45, 7) is 0.380. The molecule has 0 amide bonds. The lowest BCUT2D eigenvalue weighted by Crippen LogP contribution is -2.20. The first-order chi connectivity index (χ1) is 8.28. The molecule has 0 aromatic rings. The van der Waals surface area contributed by atoms with Gasteiger partial charge in [-0.1, -0.05) is 21.6 Å². The van der Waals surface area contributed by atoms with E-state index in [-0.39, 0.29) is 6.10 Å². The molecule has 0 saturated heterocycles. The topological polar surface area (TPSA) is 40.5 Å². The van der Waals surface area contributed by atoms with Crippen LogP contribution in [-0.4, -0.2) is 33.4 Å². The van der Waals surface area contributed by atoms with Gasteiger partial charge in [0.1, 0.15) is 0 Å². The predicted octanol–water partition coefficient (Wildman–Crippen LogP) is 3.22. The summed E-state index contributed by atoms with van der Waals surface area (Å²) in [5.74, 6) is 0.571. The van der Waals surface area contributed by atoms with Crippen LogP contribution in [0.1, 0.15) is 51.4 Å². The van der Waals surface area contributed by atoms with Gasteiger partial charge in [-0.05, 0) is 57.3 Å². The summed E-state index contributed by atoms with van der Waals surface area (Å²) in [5, 5.41) is 20.1. The Hall–Kier alpha value is 0.620. The molecule has 0 atom stereocenters. The van der Waals surface area contributed by atoms with E-state index in [1.807, 2.05) is 0 Å². The largest absolute Gasteiger partial charge is 0.396 e. The Balaban J connectivity index is 1.59. The van der Waals surface area contributed by atoms with Gasteiger partial charge in [0, 0.05) is 17.1 Å². The second-order valence-corrected chi connectivity index (χ2v) is 8.32. The van der Waals surface area contributed by atoms with Crippen molar-refractivity contribution in [1.82, 2.24) is 0 Å². The number of hydrogen-bond donors (Lipinski definition) is 2. The van der Waals surface area contributed by atoms with Crippen molar-refractivity contribution in [3.63, 3.8) is 0 Å². The van der Waals surface area contributed by atoms with E-state index in [2.05, 4.69) is 21.6 Å². The number of hydrogen-bond acceptors (Lipinski definition) is 4. The van der Waals surface area contributed by atoms with E-state index in [4.69, 9.17) is 5.11 Å². The maximum Gasteiger partial charge on any atom is 0.0541 e. The molecule has 100 valence electrons. The van der Waals surface area contributed by atoms with Crippen molar-refractivity contribution in [2.24, 2.45) is 5.92 Å². The van der Waals surface area contributed by atoms with Gasteiger partial charge in [0.15, 0.2) is 0 Å². The molecule has 2 rings (SSSR count). The van der Waals surface area contributed by atoms with Crippen molar-refractivity contribution in [2.45, 2.75) is 68.0 Å². The van der Waals surface area contributed by atoms with Crippen molar-refractivity contribution >= 4 is 21.6 Å². The molecule has 2 saturated carbocycles. The Bertz CT molecular complexity index is 209. The molecule has 2 aliphatic rings. The fraction of sp³-hybridized carbons (Fsp3) is 1.00. The molecule has 0 aromatic heterocycles. The summed E-state index contributed by atoms with van der Waals surface area (Å²) >= 11 is 0. The van der Waals surface area contributed by atoms with Gasteiger partial charge in [-0.2, -0.15) is 0 Å². The van der Waals surface area contributed by atoms with Crippen LogP contribution in [0, 0.1) is 5.92 Å². The summed E-state index contributed by atoms with van der Waals surface area (Å²) in [6.07, 6.45) is 9.30. The molecule has 4 heteroatoms. The van der Waals surface area contributed by atoms with E-state index in [1.165, 1.54) is 38.5 Å². The standard InChI is InChI=1S/C13H24O2S2/c14-9-10-1-5-12(6-2-10)16-17-13-7-3-11(15)4-8-13/h10-15H,1-9H2. The van der Waals surface area contributed by atoms with Crippen LogP contribution in [0.4, 0.5) is 0 Å². The van der Waals surface area contributed by atoms with Crippen LogP contribution in [0.25, 0.3) is 0 Å². The molecule has 0 spiro atoms. The van der Waals surface area contributed by atoms with Gasteiger partial charge in [-0.25, -0.2) is 0 Å². The molecule has 2 nitrogen and oxygen atoms in total. The monoisotopic (exact) mass is 276 g/mol. The molecular weight excluding hydrogens is 252 g/mol. The zero-order chi connectivity index (χ0) is 12.1. The number of rotatable bonds is 4. The van der Waals surface area contributed by atoms with Crippen LogP contribution in [-0.2, 0) is 0 Å². The first-order valence-electron chi connectivity index (χ1n) is 6.89. The van der Waals surface area contributed by atoms with Crippen LogP contribution < -0.4 is 0 Å². The highest BCUT2D eigenvalue weighted by Gasteiger charge is 2.24. The van der Waals surface area contributed by atoms with E-state index >= 15 is 0 Å². The van der Waals surface area contributed by atoms with Crippen LogP contribution >= 0.6 is 21.6 Å². The maximum absolute atomic E-state index is 9.46. The lowest BCUT2D eigenvalue weighted by atomic mass is 9.90. The number of aliphatic hydroxyl groups excluding tert-OH is 2. The second-order valence-electron chi connectivity index (χ2n) is 5.45. The smallest absolute Gasteiger partial charge is 0.0541 e. The fourth-order valence-electron chi connectivity index (χ4n) is 2.71. The first-order valence-corrected chi connectivity index (χ1v) is 9.16. The van der Waals surface area contributed by atoms with Gasteiger partial charge < -0.3 is 10.2 Å². The summed E-state index contributed by atoms with van der Waals surface area (Å²) in [5.41, 5.74) is 0. The summed E-state index contributed by atoms with van der Waals surface area (Å²) in [7, 11) is 4.13. The molecular formula is C13H24O2S2. The fourth-order valence-corrected chi connectivity index (χ4v) is 6.05. The van der Waals surface area contributed by atoms with E-state index in [0.717, 1.165) is 23.3 Å². The van der Waals surface area contributed by atoms with Gasteiger partial charge in [0.25, 0.3) is 0 Å². The molecule has 2 N–H and O–H groups in total. The maximum atomic E-state index is 9.46. The van der Waals surface area contributed by atoms with E-state index < -0.39 is 0 Å². The first kappa shape index (κ1) is 14.0. The summed E-state index contributed by atoms with van der Waals surface area (Å²) in [4.78, 5) is 0. The minimum absolute atomic E-state index is 0.0307. The van der Waals surface area contributed by atoms with Crippen LogP contribution in [0.5, 0.6) is 0 Å². The van der Waals surface area contributed by atoms with E-state index in [1.54, 1.807) is 0 Å². The molecule has 2 aliphatic carbocycles. The van der Waals surface area contributed by atoms with Gasteiger partial charge in [0.2, 0.25) is 0 Å². The zero-order valence-corrected chi connectivity index (χ0v) is 12.0. The average molecular weight is 276 g/mol. The third kappa shape index (κ3) is 4.66. The van der Waals surface area contributed by atoms with Crippen molar-refractivity contribution in [2.75, 3.05) is 6.61 Å². The Morgan fingerprint density at radius 2 is 1.24 bits per heavy atom. The number of aliphatic hydroxyl groups is 2. The minimum atomic E-state index is -0.0307. The molecule has 0 aliphatic heterocycles. The summed E-state index contributed by atoms with van der Waals surface area (Å²) < 4.78 is 0. The quantitative estimate of drug-likeness (QED) is 0.774. The van der Waals surface area contributed by atoms with Gasteiger partial charge in [0.05, 0.1) is 6.10 Å². The molecule has 0 bridgehead atoms. The third-order valence-corrected chi connectivity index (χ3v) is 7.59. The minimum Gasteiger partial charge on any atom is -0.396 e. The second kappa shape index (κ2) is 7.27. The summed E-state index contributed by atoms with van der Waals surface area (Å²) in [6, 6.07) is 0. The molecule has 2 fully saturated rings. The Kier molecular flexibility index (Phi) is 6.00. The Labute approximate surface area is 112 Å². The highest BCUT2D eigenvalue weighted by molar-refractivity contribution is 8.77. The lowest BCUT2D eigenvalue weighted by molar-refractivity contribution is 0.132. The van der Waals surface area contributed by atoms with Crippen molar-refractivity contribution in [3.8, 4) is 0 Å². The Morgan fingerprint density at radius 1 is 0.765 bits per heavy atom. The van der Waals surface area contributed by atoms with Gasteiger partial charge >= 0.3 is 0 Å². The van der Waals surface area contributed by atoms with Crippen molar-refractivity contribution in [3.05, 3.63) is 0 Å². The molecule has 17 heavy (non-hydrogen) atoms. The predicted molar refractivity (Wildman–Crippen MR) is 76.3 cm³/mol. The van der Waals surface area contributed by atoms with E-state index in [9.17, 15) is 5.11 Å². The van der Waals surface area contributed by atoms with Crippen LogP contribution in [0.15, 0.2) is 0 Å². The van der Waals surface area contributed by atoms with Crippen molar-refractivity contribution in [1.29, 1.82) is 0 Å². The lowest BCUT2D eigenvalue weighted by Gasteiger charge is -2.29. The SMILES string of the molecule is OCC1CCC(SSC2CCC(O)CC2)CC1. The zero-order valence-electron chi connectivity index (χ0n) is 10.4. The van der Waals surface area contributed by atoms with Crippen LogP contribution in [0.3, 0.4) is 0 Å². The van der Waals surface area contributed by atoms with Crippen molar-refractivity contribution < 1.29 is 10.2 Å². The van der Waals surface area contributed by atoms with Crippen LogP contribution in [0.2, 0.25) is 0 Å². The third-order valence-electron chi connectivity index (χ3n) is 4.02. The molecule has 0 unspecified atom stereocenters. The van der Waals surface area contributed by atoms with Gasteiger partial charge in [-0.15, -0.1) is 0 Å². The average Bonchev–Trinajstić information content (AvgIpc) is 2.39. The highest BCUT2D eigenvalue weighted by Crippen LogP contribution is 2.43. The van der Waals surface area contributed by atoms with Gasteiger partial charge in [-0.3, -0.25) is 0 Å². The molecule has 0 aromatic carbocycles. The molecule has 0 radical (unpaired) electrons. The van der Waals surface area contributed by atoms with E-state index in [0.29, 0.717) is 12.5 Å².